The van der Waals surface area contributed by atoms with Crippen molar-refractivity contribution in [1.82, 2.24) is 4.98 Å². The second kappa shape index (κ2) is 8.89. The molecule has 1 nitrogen and oxygen atoms in total. The fourth-order valence-corrected chi connectivity index (χ4v) is 5.52. The number of hydrogen-bond acceptors (Lipinski definition) is 2. The number of thiophene rings is 2. The molecule has 0 fully saturated rings. The van der Waals surface area contributed by atoms with Crippen LogP contribution in [0.25, 0.3) is 20.4 Å². The largest absolute Gasteiger partial charge is 0.353 e. The van der Waals surface area contributed by atoms with Gasteiger partial charge >= 0.3 is 0 Å². The topological polar surface area (TPSA) is 15.8 Å². The maximum atomic E-state index is 3.54. The highest BCUT2D eigenvalue weighted by molar-refractivity contribution is 7.26. The van der Waals surface area contributed by atoms with Crippen molar-refractivity contribution in [3.63, 3.8) is 0 Å². The van der Waals surface area contributed by atoms with Crippen molar-refractivity contribution < 1.29 is 0 Å². The first-order valence-corrected chi connectivity index (χ1v) is 11.1. The lowest BCUT2D eigenvalue weighted by Gasteiger charge is -2.01. The molecule has 0 aliphatic heterocycles. The number of rotatable bonds is 11. The molecule has 0 atom stereocenters. The standard InChI is InChI=1S/C20H29NS2/c1-2-3-4-5-6-7-8-9-10-11-12-16-15-18-20(23-16)19-17(21-18)13-14-22-19/h13-15,21H,2-12H2,1H3. The van der Waals surface area contributed by atoms with Gasteiger partial charge in [-0.15, -0.1) is 22.7 Å². The highest BCUT2D eigenvalue weighted by atomic mass is 32.1. The molecule has 3 heterocycles. The summed E-state index contributed by atoms with van der Waals surface area (Å²) in [4.78, 5) is 5.10. The van der Waals surface area contributed by atoms with Crippen LogP contribution in [0.2, 0.25) is 0 Å². The Labute approximate surface area is 148 Å². The molecule has 3 rings (SSSR count). The van der Waals surface area contributed by atoms with Crippen LogP contribution >= 0.6 is 22.7 Å². The fraction of sp³-hybridized carbons (Fsp3) is 0.600. The van der Waals surface area contributed by atoms with Gasteiger partial charge < -0.3 is 4.98 Å². The van der Waals surface area contributed by atoms with Gasteiger partial charge in [0.25, 0.3) is 0 Å². The summed E-state index contributed by atoms with van der Waals surface area (Å²) >= 11 is 3.86. The SMILES string of the molecule is CCCCCCCCCCCCc1cc2[nH]c3ccsc3c2s1. The third-order valence-corrected chi connectivity index (χ3v) is 6.97. The number of hydrogen-bond donors (Lipinski definition) is 1. The highest BCUT2D eigenvalue weighted by Gasteiger charge is 2.09. The van der Waals surface area contributed by atoms with E-state index in [1.807, 2.05) is 22.7 Å². The molecular formula is C20H29NS2. The lowest BCUT2D eigenvalue weighted by molar-refractivity contribution is 0.557. The van der Waals surface area contributed by atoms with Gasteiger partial charge in [-0.2, -0.15) is 0 Å². The summed E-state index contributed by atoms with van der Waals surface area (Å²) in [5.41, 5.74) is 2.65. The minimum absolute atomic E-state index is 1.26. The van der Waals surface area contributed by atoms with E-state index in [4.69, 9.17) is 0 Å². The Hall–Kier alpha value is -0.800. The van der Waals surface area contributed by atoms with E-state index in [0.717, 1.165) is 0 Å². The van der Waals surface area contributed by atoms with Crippen LogP contribution in [0, 0.1) is 0 Å². The second-order valence-electron chi connectivity index (χ2n) is 6.68. The molecule has 0 unspecified atom stereocenters. The van der Waals surface area contributed by atoms with Crippen LogP contribution in [-0.4, -0.2) is 4.98 Å². The van der Waals surface area contributed by atoms with Gasteiger partial charge in [-0.25, -0.2) is 0 Å². The number of aromatic amines is 1. The summed E-state index contributed by atoms with van der Waals surface area (Å²) in [5, 5.41) is 2.18. The van der Waals surface area contributed by atoms with Crippen molar-refractivity contribution in [2.75, 3.05) is 0 Å². The van der Waals surface area contributed by atoms with E-state index in [0.29, 0.717) is 0 Å². The normalized spacial score (nSPS) is 11.9. The molecule has 1 N–H and O–H groups in total. The summed E-state index contributed by atoms with van der Waals surface area (Å²) in [5.74, 6) is 0. The van der Waals surface area contributed by atoms with Gasteiger partial charge in [0.1, 0.15) is 0 Å². The van der Waals surface area contributed by atoms with Gasteiger partial charge in [-0.05, 0) is 30.4 Å². The average Bonchev–Trinajstić information content (AvgIpc) is 3.21. The lowest BCUT2D eigenvalue weighted by atomic mass is 10.1. The fourth-order valence-electron chi connectivity index (χ4n) is 3.34. The molecule has 0 saturated carbocycles. The molecule has 0 aromatic carbocycles. The summed E-state index contributed by atoms with van der Waals surface area (Å²) in [7, 11) is 0. The maximum absolute atomic E-state index is 3.54. The van der Waals surface area contributed by atoms with Crippen LogP contribution in [0.4, 0.5) is 0 Å². The molecule has 126 valence electrons. The van der Waals surface area contributed by atoms with E-state index < -0.39 is 0 Å². The van der Waals surface area contributed by atoms with Crippen LogP contribution in [0.1, 0.15) is 76.0 Å². The summed E-state index contributed by atoms with van der Waals surface area (Å²) in [6, 6.07) is 4.56. The summed E-state index contributed by atoms with van der Waals surface area (Å²) in [6.07, 6.45) is 15.4. The third-order valence-electron chi connectivity index (χ3n) is 4.70. The monoisotopic (exact) mass is 347 g/mol. The van der Waals surface area contributed by atoms with Crippen molar-refractivity contribution in [3.8, 4) is 0 Å². The van der Waals surface area contributed by atoms with Crippen molar-refractivity contribution in [2.24, 2.45) is 0 Å². The van der Waals surface area contributed by atoms with Gasteiger partial charge in [0, 0.05) is 4.88 Å². The summed E-state index contributed by atoms with van der Waals surface area (Å²) in [6.45, 7) is 2.29. The van der Waals surface area contributed by atoms with Crippen molar-refractivity contribution >= 4 is 43.1 Å². The molecule has 3 aromatic rings. The second-order valence-corrected chi connectivity index (χ2v) is 8.73. The number of nitrogens with one attached hydrogen (secondary N) is 1. The number of aromatic nitrogens is 1. The maximum Gasteiger partial charge on any atom is 0.0701 e. The molecule has 0 amide bonds. The zero-order chi connectivity index (χ0) is 15.9. The molecule has 0 saturated heterocycles. The van der Waals surface area contributed by atoms with Gasteiger partial charge in [0.2, 0.25) is 0 Å². The van der Waals surface area contributed by atoms with Gasteiger partial charge in [0.05, 0.1) is 20.4 Å². The first-order valence-electron chi connectivity index (χ1n) is 9.36. The van der Waals surface area contributed by atoms with Gasteiger partial charge in [-0.3, -0.25) is 0 Å². The predicted molar refractivity (Wildman–Crippen MR) is 107 cm³/mol. The molecule has 0 spiro atoms. The lowest BCUT2D eigenvalue weighted by Crippen LogP contribution is -1.84. The van der Waals surface area contributed by atoms with E-state index in [1.54, 1.807) is 4.88 Å². The molecular weight excluding hydrogens is 318 g/mol. The van der Waals surface area contributed by atoms with Crippen LogP contribution in [0.3, 0.4) is 0 Å². The zero-order valence-electron chi connectivity index (χ0n) is 14.3. The van der Waals surface area contributed by atoms with Crippen LogP contribution < -0.4 is 0 Å². The smallest absolute Gasteiger partial charge is 0.0701 e. The third kappa shape index (κ3) is 4.60. The molecule has 0 aliphatic rings. The van der Waals surface area contributed by atoms with Crippen LogP contribution in [-0.2, 0) is 6.42 Å². The average molecular weight is 348 g/mol. The van der Waals surface area contributed by atoms with Crippen molar-refractivity contribution in [2.45, 2.75) is 77.6 Å². The molecule has 0 radical (unpaired) electrons. The number of aryl methyl sites for hydroxylation is 1. The Morgan fingerprint density at radius 3 is 2.26 bits per heavy atom. The van der Waals surface area contributed by atoms with Crippen LogP contribution in [0.5, 0.6) is 0 Å². The molecule has 3 heteroatoms. The molecule has 23 heavy (non-hydrogen) atoms. The minimum atomic E-state index is 1.26. The predicted octanol–water partition coefficient (Wildman–Crippen LogP) is 7.91. The molecule has 0 bridgehead atoms. The first-order chi connectivity index (χ1) is 11.4. The number of H-pyrrole nitrogens is 1. The van der Waals surface area contributed by atoms with E-state index in [1.165, 1.54) is 91.1 Å². The first kappa shape index (κ1) is 17.0. The Bertz CT molecular complexity index is 704. The van der Waals surface area contributed by atoms with Crippen molar-refractivity contribution in [1.29, 1.82) is 0 Å². The van der Waals surface area contributed by atoms with Crippen molar-refractivity contribution in [3.05, 3.63) is 22.4 Å². The van der Waals surface area contributed by atoms with Crippen LogP contribution in [0.15, 0.2) is 17.5 Å². The summed E-state index contributed by atoms with van der Waals surface area (Å²) < 4.78 is 2.91. The Balaban J connectivity index is 1.31. The van der Waals surface area contributed by atoms with E-state index in [2.05, 4.69) is 29.4 Å². The van der Waals surface area contributed by atoms with E-state index >= 15 is 0 Å². The highest BCUT2D eigenvalue weighted by Crippen LogP contribution is 2.36. The van der Waals surface area contributed by atoms with Gasteiger partial charge in [0.15, 0.2) is 0 Å². The van der Waals surface area contributed by atoms with E-state index in [-0.39, 0.29) is 0 Å². The molecule has 0 aliphatic carbocycles. The Morgan fingerprint density at radius 1 is 0.826 bits per heavy atom. The Kier molecular flexibility index (Phi) is 6.58. The molecule has 3 aromatic heterocycles. The quantitative estimate of drug-likeness (QED) is 0.339. The zero-order valence-corrected chi connectivity index (χ0v) is 16.0. The minimum Gasteiger partial charge on any atom is -0.353 e. The number of unbranched alkanes of at least 4 members (excludes halogenated alkanes) is 9. The number of fused-ring (bicyclic) bond motifs is 3. The van der Waals surface area contributed by atoms with Gasteiger partial charge in [-0.1, -0.05) is 64.7 Å². The van der Waals surface area contributed by atoms with E-state index in [9.17, 15) is 0 Å². The Morgan fingerprint density at radius 2 is 1.52 bits per heavy atom.